The van der Waals surface area contributed by atoms with Crippen molar-refractivity contribution in [2.24, 2.45) is 7.05 Å². The lowest BCUT2D eigenvalue weighted by atomic mass is 10.1. The summed E-state index contributed by atoms with van der Waals surface area (Å²) in [4.78, 5) is 25.4. The van der Waals surface area contributed by atoms with Crippen LogP contribution in [-0.4, -0.2) is 25.1 Å². The molecule has 0 saturated carbocycles. The molecule has 0 spiro atoms. The van der Waals surface area contributed by atoms with E-state index in [1.807, 2.05) is 55.5 Å². The topological polar surface area (TPSA) is 91.6 Å². The molecule has 8 nitrogen and oxygen atoms in total. The highest BCUT2D eigenvalue weighted by Crippen LogP contribution is 2.25. The summed E-state index contributed by atoms with van der Waals surface area (Å²) in [5, 5.41) is 8.81. The second-order valence-electron chi connectivity index (χ2n) is 7.24. The number of furan rings is 1. The number of carbonyl (C=O) groups excluding carboxylic acids is 1. The number of aryl methyl sites for hydroxylation is 2. The first-order valence-corrected chi connectivity index (χ1v) is 9.68. The molecule has 0 N–H and O–H groups in total. The molecule has 0 unspecified atom stereocenters. The van der Waals surface area contributed by atoms with Gasteiger partial charge in [0.1, 0.15) is 0 Å². The summed E-state index contributed by atoms with van der Waals surface area (Å²) < 4.78 is 14.1. The van der Waals surface area contributed by atoms with Crippen molar-refractivity contribution in [3.63, 3.8) is 0 Å². The van der Waals surface area contributed by atoms with Crippen molar-refractivity contribution in [3.8, 4) is 11.1 Å². The van der Waals surface area contributed by atoms with Gasteiger partial charge < -0.3 is 9.15 Å². The fourth-order valence-electron chi connectivity index (χ4n) is 3.66. The Bertz CT molecular complexity index is 1500. The Balaban J connectivity index is 1.50. The lowest BCUT2D eigenvalue weighted by molar-refractivity contribution is 0.0426. The Kier molecular flexibility index (Phi) is 4.39. The highest BCUT2D eigenvalue weighted by Gasteiger charge is 2.21. The number of benzene rings is 2. The summed E-state index contributed by atoms with van der Waals surface area (Å²) in [6.45, 7) is 1.79. The van der Waals surface area contributed by atoms with Crippen molar-refractivity contribution in [2.45, 2.75) is 13.5 Å². The molecule has 31 heavy (non-hydrogen) atoms. The van der Waals surface area contributed by atoms with Gasteiger partial charge in [0.25, 0.3) is 5.56 Å². The van der Waals surface area contributed by atoms with E-state index in [-0.39, 0.29) is 17.9 Å². The highest BCUT2D eigenvalue weighted by molar-refractivity contribution is 5.94. The first-order chi connectivity index (χ1) is 15.0. The second-order valence-corrected chi connectivity index (χ2v) is 7.24. The van der Waals surface area contributed by atoms with E-state index >= 15 is 0 Å². The molecule has 0 amide bonds. The molecule has 0 aliphatic rings. The first-order valence-electron chi connectivity index (χ1n) is 9.68. The van der Waals surface area contributed by atoms with E-state index in [4.69, 9.17) is 9.15 Å². The maximum atomic E-state index is 12.7. The van der Waals surface area contributed by atoms with Crippen LogP contribution in [0.1, 0.15) is 21.9 Å². The molecule has 3 aromatic heterocycles. The number of aromatic nitrogens is 4. The molecular weight excluding hydrogens is 396 g/mol. The summed E-state index contributed by atoms with van der Waals surface area (Å²) in [6, 6.07) is 16.8. The molecule has 2 aromatic carbocycles. The van der Waals surface area contributed by atoms with Gasteiger partial charge in [0.2, 0.25) is 11.5 Å². The quantitative estimate of drug-likeness (QED) is 0.418. The highest BCUT2D eigenvalue weighted by atomic mass is 16.5. The van der Waals surface area contributed by atoms with Crippen LogP contribution in [-0.2, 0) is 18.4 Å². The van der Waals surface area contributed by atoms with Gasteiger partial charge in [-0.25, -0.2) is 4.79 Å². The van der Waals surface area contributed by atoms with Gasteiger partial charge in [0.05, 0.1) is 17.2 Å². The molecule has 0 atom stereocenters. The average molecular weight is 414 g/mol. The van der Waals surface area contributed by atoms with Crippen LogP contribution in [0.3, 0.4) is 0 Å². The summed E-state index contributed by atoms with van der Waals surface area (Å²) in [6.07, 6.45) is 1.46. The van der Waals surface area contributed by atoms with Gasteiger partial charge in [-0.05, 0) is 30.7 Å². The molecule has 0 aliphatic carbocycles. The van der Waals surface area contributed by atoms with E-state index in [0.29, 0.717) is 28.1 Å². The molecule has 0 radical (unpaired) electrons. The molecule has 8 heteroatoms. The van der Waals surface area contributed by atoms with Gasteiger partial charge >= 0.3 is 5.97 Å². The van der Waals surface area contributed by atoms with Crippen LogP contribution in [0, 0.1) is 6.92 Å². The first kappa shape index (κ1) is 18.8. The minimum atomic E-state index is -0.606. The van der Waals surface area contributed by atoms with E-state index in [9.17, 15) is 9.59 Å². The average Bonchev–Trinajstić information content (AvgIpc) is 3.44. The SMILES string of the molecule is Cc1ccc2c(c1)c(=O)n(C)c1nnc(COC(=O)c3occc3-c3ccccc3)n21. The number of carbonyl (C=O) groups is 1. The molecular formula is C23H18N4O4. The zero-order valence-corrected chi connectivity index (χ0v) is 16.9. The Morgan fingerprint density at radius 1 is 1.10 bits per heavy atom. The monoisotopic (exact) mass is 414 g/mol. The van der Waals surface area contributed by atoms with Crippen molar-refractivity contribution in [1.82, 2.24) is 19.2 Å². The molecule has 0 aliphatic heterocycles. The third-order valence-corrected chi connectivity index (χ3v) is 5.21. The van der Waals surface area contributed by atoms with Crippen LogP contribution in [0.25, 0.3) is 27.8 Å². The molecule has 0 saturated heterocycles. The van der Waals surface area contributed by atoms with Crippen LogP contribution in [0.5, 0.6) is 0 Å². The minimum absolute atomic E-state index is 0.118. The van der Waals surface area contributed by atoms with Gasteiger partial charge in [-0.3, -0.25) is 13.8 Å². The Morgan fingerprint density at radius 2 is 1.90 bits per heavy atom. The summed E-state index contributed by atoms with van der Waals surface area (Å²) in [5.41, 5.74) is 2.97. The summed E-state index contributed by atoms with van der Waals surface area (Å²) >= 11 is 0. The van der Waals surface area contributed by atoms with Crippen molar-refractivity contribution >= 4 is 22.6 Å². The second kappa shape index (κ2) is 7.24. The van der Waals surface area contributed by atoms with Crippen molar-refractivity contribution in [3.05, 3.63) is 88.4 Å². The maximum Gasteiger partial charge on any atom is 0.375 e. The van der Waals surface area contributed by atoms with E-state index in [1.165, 1.54) is 10.8 Å². The fraction of sp³-hybridized carbons (Fsp3) is 0.130. The predicted molar refractivity (Wildman–Crippen MR) is 114 cm³/mol. The molecule has 0 fully saturated rings. The summed E-state index contributed by atoms with van der Waals surface area (Å²) in [7, 11) is 1.64. The largest absolute Gasteiger partial charge is 0.457 e. The van der Waals surface area contributed by atoms with Gasteiger partial charge in [-0.1, -0.05) is 42.0 Å². The van der Waals surface area contributed by atoms with Gasteiger partial charge in [0.15, 0.2) is 12.4 Å². The number of hydrogen-bond acceptors (Lipinski definition) is 6. The van der Waals surface area contributed by atoms with E-state index in [2.05, 4.69) is 10.2 Å². The molecule has 3 heterocycles. The predicted octanol–water partition coefficient (Wildman–Crippen LogP) is 3.51. The van der Waals surface area contributed by atoms with Crippen LogP contribution in [0.15, 0.2) is 70.1 Å². The Morgan fingerprint density at radius 3 is 2.71 bits per heavy atom. The molecule has 5 aromatic rings. The van der Waals surface area contributed by atoms with E-state index < -0.39 is 5.97 Å². The van der Waals surface area contributed by atoms with Crippen LogP contribution in [0.2, 0.25) is 0 Å². The van der Waals surface area contributed by atoms with Crippen molar-refractivity contribution in [2.75, 3.05) is 0 Å². The van der Waals surface area contributed by atoms with Crippen LogP contribution < -0.4 is 5.56 Å². The van der Waals surface area contributed by atoms with Crippen molar-refractivity contribution in [1.29, 1.82) is 0 Å². The maximum absolute atomic E-state index is 12.7. The Hall–Kier alpha value is -4.20. The van der Waals surface area contributed by atoms with Gasteiger partial charge in [0, 0.05) is 12.6 Å². The standard InChI is InChI=1S/C23H18N4O4/c1-14-8-9-18-17(12-14)21(28)26(2)23-25-24-19(27(18)23)13-31-22(29)20-16(10-11-30-20)15-6-4-3-5-7-15/h3-12H,13H2,1-2H3. The van der Waals surface area contributed by atoms with Crippen molar-refractivity contribution < 1.29 is 13.9 Å². The number of rotatable bonds is 4. The zero-order chi connectivity index (χ0) is 21.5. The smallest absolute Gasteiger partial charge is 0.375 e. The molecule has 5 rings (SSSR count). The minimum Gasteiger partial charge on any atom is -0.457 e. The number of esters is 1. The summed E-state index contributed by atoms with van der Waals surface area (Å²) in [5.74, 6) is 0.287. The van der Waals surface area contributed by atoms with Gasteiger partial charge in [-0.2, -0.15) is 0 Å². The molecule has 154 valence electrons. The zero-order valence-electron chi connectivity index (χ0n) is 16.9. The lowest BCUT2D eigenvalue weighted by Crippen LogP contribution is -2.20. The molecule has 0 bridgehead atoms. The Labute approximate surface area is 176 Å². The third kappa shape index (κ3) is 3.09. The number of ether oxygens (including phenoxy) is 1. The fourth-order valence-corrected chi connectivity index (χ4v) is 3.66. The lowest BCUT2D eigenvalue weighted by Gasteiger charge is -2.09. The van der Waals surface area contributed by atoms with E-state index in [0.717, 1.165) is 11.1 Å². The van der Waals surface area contributed by atoms with Crippen LogP contribution >= 0.6 is 0 Å². The number of nitrogens with zero attached hydrogens (tertiary/aromatic N) is 4. The normalized spacial score (nSPS) is 11.3. The van der Waals surface area contributed by atoms with Gasteiger partial charge in [-0.15, -0.1) is 10.2 Å². The third-order valence-electron chi connectivity index (χ3n) is 5.21. The van der Waals surface area contributed by atoms with Crippen LogP contribution in [0.4, 0.5) is 0 Å². The number of hydrogen-bond donors (Lipinski definition) is 0. The van der Waals surface area contributed by atoms with E-state index in [1.54, 1.807) is 17.5 Å². The number of fused-ring (bicyclic) bond motifs is 3.